The van der Waals surface area contributed by atoms with E-state index in [0.29, 0.717) is 11.3 Å². The summed E-state index contributed by atoms with van der Waals surface area (Å²) in [5, 5.41) is 15.5. The van der Waals surface area contributed by atoms with E-state index in [1.807, 2.05) is 0 Å². The average molecular weight is 417 g/mol. The van der Waals surface area contributed by atoms with Crippen LogP contribution in [0.5, 0.6) is 0 Å². The lowest BCUT2D eigenvalue weighted by Crippen LogP contribution is -2.75. The highest BCUT2D eigenvalue weighted by atomic mass is 16.6. The number of nitro groups is 1. The molecule has 1 spiro atoms. The summed E-state index contributed by atoms with van der Waals surface area (Å²) < 4.78 is 5.06. The number of amides is 5. The van der Waals surface area contributed by atoms with Gasteiger partial charge in [-0.3, -0.25) is 30.3 Å². The minimum absolute atomic E-state index is 0.0181. The molecule has 12 nitrogen and oxygen atoms in total. The van der Waals surface area contributed by atoms with E-state index in [4.69, 9.17) is 4.74 Å². The van der Waals surface area contributed by atoms with Crippen LogP contribution in [0.1, 0.15) is 12.5 Å². The van der Waals surface area contributed by atoms with Crippen LogP contribution in [-0.4, -0.2) is 66.0 Å². The van der Waals surface area contributed by atoms with Crippen molar-refractivity contribution in [1.29, 1.82) is 0 Å². The van der Waals surface area contributed by atoms with Crippen LogP contribution in [0.25, 0.3) is 0 Å². The Hall–Kier alpha value is -3.70. The summed E-state index contributed by atoms with van der Waals surface area (Å²) in [6.07, 6.45) is -0.707. The number of carbonyl (C=O) groups is 4. The number of anilines is 1. The standard InChI is InChI=1S/C18H19N5O7/c1-2-30-17(27)21-5-6-22-12-4-3-11(23(28)29)7-10(12)8-18(13(22)9-21)14(24)19-16(26)20-15(18)25/h3-4,7,13H,2,5-6,8-9H2,1H3,(H2,19,20,24,25,26)/t13-/m1/s1. The van der Waals surface area contributed by atoms with Gasteiger partial charge in [-0.2, -0.15) is 0 Å². The van der Waals surface area contributed by atoms with E-state index in [1.54, 1.807) is 17.9 Å². The van der Waals surface area contributed by atoms with Crippen LogP contribution in [0.4, 0.5) is 21.0 Å². The van der Waals surface area contributed by atoms with Gasteiger partial charge in [0, 0.05) is 43.9 Å². The number of barbiturate groups is 1. The lowest BCUT2D eigenvalue weighted by molar-refractivity contribution is -0.384. The Balaban J connectivity index is 1.81. The molecule has 1 aromatic rings. The Morgan fingerprint density at radius 1 is 1.27 bits per heavy atom. The maximum absolute atomic E-state index is 13.0. The molecule has 158 valence electrons. The van der Waals surface area contributed by atoms with Gasteiger partial charge < -0.3 is 14.5 Å². The number of rotatable bonds is 2. The van der Waals surface area contributed by atoms with Gasteiger partial charge in [0.2, 0.25) is 11.8 Å². The molecule has 0 unspecified atom stereocenters. The summed E-state index contributed by atoms with van der Waals surface area (Å²) >= 11 is 0. The predicted octanol–water partition coefficient (Wildman–Crippen LogP) is 0.150. The number of carbonyl (C=O) groups excluding carboxylic acids is 4. The fourth-order valence-corrected chi connectivity index (χ4v) is 4.43. The molecule has 0 bridgehead atoms. The second kappa shape index (κ2) is 6.97. The number of urea groups is 1. The van der Waals surface area contributed by atoms with Gasteiger partial charge in [-0.15, -0.1) is 0 Å². The first-order valence-corrected chi connectivity index (χ1v) is 9.40. The van der Waals surface area contributed by atoms with Gasteiger partial charge >= 0.3 is 12.1 Å². The minimum atomic E-state index is -1.73. The van der Waals surface area contributed by atoms with Crippen molar-refractivity contribution >= 4 is 35.3 Å². The third kappa shape index (κ3) is 2.83. The molecule has 3 heterocycles. The molecule has 3 aliphatic heterocycles. The van der Waals surface area contributed by atoms with Gasteiger partial charge in [0.05, 0.1) is 17.6 Å². The second-order valence-corrected chi connectivity index (χ2v) is 7.31. The number of ether oxygens (including phenoxy) is 1. The molecule has 0 aliphatic carbocycles. The zero-order chi connectivity index (χ0) is 21.6. The lowest BCUT2D eigenvalue weighted by Gasteiger charge is -2.53. The SMILES string of the molecule is CCOC(=O)N1CCN2c3ccc([N+](=O)[O-])cc3CC3(C(=O)NC(=O)NC3=O)[C@H]2C1. The number of hydrogen-bond acceptors (Lipinski definition) is 8. The number of piperazine rings is 1. The topological polar surface area (TPSA) is 151 Å². The molecule has 5 amide bonds. The quantitative estimate of drug-likeness (QED) is 0.392. The fourth-order valence-electron chi connectivity index (χ4n) is 4.43. The number of nitrogens with zero attached hydrogens (tertiary/aromatic N) is 3. The largest absolute Gasteiger partial charge is 0.450 e. The Bertz CT molecular complexity index is 958. The van der Waals surface area contributed by atoms with Gasteiger partial charge in [0.1, 0.15) is 0 Å². The van der Waals surface area contributed by atoms with Gasteiger partial charge in [-0.05, 0) is 18.6 Å². The molecule has 2 N–H and O–H groups in total. The maximum Gasteiger partial charge on any atom is 0.409 e. The van der Waals surface area contributed by atoms with Crippen molar-refractivity contribution in [1.82, 2.24) is 15.5 Å². The van der Waals surface area contributed by atoms with Crippen molar-refractivity contribution < 1.29 is 28.8 Å². The molecule has 2 fully saturated rings. The maximum atomic E-state index is 13.0. The average Bonchev–Trinajstić information content (AvgIpc) is 2.71. The van der Waals surface area contributed by atoms with E-state index in [2.05, 4.69) is 10.6 Å². The number of nitro benzene ring substituents is 1. The molecule has 1 atom stereocenters. The molecular weight excluding hydrogens is 398 g/mol. The third-order valence-electron chi connectivity index (χ3n) is 5.79. The summed E-state index contributed by atoms with van der Waals surface area (Å²) in [5.74, 6) is -1.59. The monoisotopic (exact) mass is 417 g/mol. The van der Waals surface area contributed by atoms with E-state index < -0.39 is 40.3 Å². The van der Waals surface area contributed by atoms with Crippen molar-refractivity contribution in [3.8, 4) is 0 Å². The van der Waals surface area contributed by atoms with Crippen molar-refractivity contribution in [2.45, 2.75) is 19.4 Å². The molecule has 4 rings (SSSR count). The molecule has 3 aliphatic rings. The van der Waals surface area contributed by atoms with E-state index in [9.17, 15) is 29.3 Å². The van der Waals surface area contributed by atoms with Gasteiger partial charge in [0.15, 0.2) is 5.41 Å². The summed E-state index contributed by atoms with van der Waals surface area (Å²) in [6, 6.07) is 2.57. The number of fused-ring (bicyclic) bond motifs is 4. The molecule has 2 saturated heterocycles. The highest BCUT2D eigenvalue weighted by Gasteiger charge is 2.61. The zero-order valence-corrected chi connectivity index (χ0v) is 16.0. The number of nitrogens with one attached hydrogen (secondary N) is 2. The lowest BCUT2D eigenvalue weighted by atomic mass is 9.68. The number of benzene rings is 1. The molecule has 0 aromatic heterocycles. The summed E-state index contributed by atoms with van der Waals surface area (Å²) in [5.41, 5.74) is -0.802. The third-order valence-corrected chi connectivity index (χ3v) is 5.79. The second-order valence-electron chi connectivity index (χ2n) is 7.31. The summed E-state index contributed by atoms with van der Waals surface area (Å²) in [4.78, 5) is 63.8. The first-order chi connectivity index (χ1) is 14.3. The van der Waals surface area contributed by atoms with E-state index in [0.717, 1.165) is 0 Å². The Kier molecular flexibility index (Phi) is 4.56. The normalized spacial score (nSPS) is 22.0. The highest BCUT2D eigenvalue weighted by molar-refractivity contribution is 6.20. The predicted molar refractivity (Wildman–Crippen MR) is 101 cm³/mol. The van der Waals surface area contributed by atoms with E-state index >= 15 is 0 Å². The van der Waals surface area contributed by atoms with Crippen LogP contribution >= 0.6 is 0 Å². The zero-order valence-electron chi connectivity index (χ0n) is 16.0. The Labute approximate surface area is 170 Å². The van der Waals surface area contributed by atoms with Crippen molar-refractivity contribution in [2.24, 2.45) is 5.41 Å². The Morgan fingerprint density at radius 2 is 1.97 bits per heavy atom. The van der Waals surface area contributed by atoms with Crippen LogP contribution in [0.3, 0.4) is 0 Å². The minimum Gasteiger partial charge on any atom is -0.450 e. The van der Waals surface area contributed by atoms with Crippen molar-refractivity contribution in [2.75, 3.05) is 31.1 Å². The van der Waals surface area contributed by atoms with Crippen LogP contribution in [0, 0.1) is 15.5 Å². The Morgan fingerprint density at radius 3 is 2.60 bits per heavy atom. The smallest absolute Gasteiger partial charge is 0.409 e. The molecule has 1 aromatic carbocycles. The van der Waals surface area contributed by atoms with Gasteiger partial charge in [-0.25, -0.2) is 9.59 Å². The number of hydrogen-bond donors (Lipinski definition) is 2. The molecular formula is C18H19N5O7. The van der Waals surface area contributed by atoms with Gasteiger partial charge in [0.25, 0.3) is 5.69 Å². The first-order valence-electron chi connectivity index (χ1n) is 9.40. The first kappa shape index (κ1) is 19.6. The van der Waals surface area contributed by atoms with Crippen LogP contribution in [0.2, 0.25) is 0 Å². The van der Waals surface area contributed by atoms with Crippen LogP contribution < -0.4 is 15.5 Å². The number of non-ortho nitro benzene ring substituents is 1. The van der Waals surface area contributed by atoms with Crippen LogP contribution in [0.15, 0.2) is 18.2 Å². The highest BCUT2D eigenvalue weighted by Crippen LogP contribution is 2.45. The summed E-state index contributed by atoms with van der Waals surface area (Å²) in [7, 11) is 0. The molecule has 12 heteroatoms. The summed E-state index contributed by atoms with van der Waals surface area (Å²) in [6.45, 7) is 2.43. The van der Waals surface area contributed by atoms with E-state index in [-0.39, 0.29) is 38.3 Å². The molecule has 0 saturated carbocycles. The van der Waals surface area contributed by atoms with Crippen LogP contribution in [-0.2, 0) is 20.7 Å². The van der Waals surface area contributed by atoms with Gasteiger partial charge in [-0.1, -0.05) is 0 Å². The molecule has 30 heavy (non-hydrogen) atoms. The number of imide groups is 2. The van der Waals surface area contributed by atoms with Crippen molar-refractivity contribution in [3.05, 3.63) is 33.9 Å². The fraction of sp³-hybridized carbons (Fsp3) is 0.444. The van der Waals surface area contributed by atoms with Crippen molar-refractivity contribution in [3.63, 3.8) is 0 Å². The van der Waals surface area contributed by atoms with E-state index in [1.165, 1.54) is 17.0 Å². The molecule has 0 radical (unpaired) electrons.